The van der Waals surface area contributed by atoms with Crippen LogP contribution in [0.15, 0.2) is 0 Å². The van der Waals surface area contributed by atoms with E-state index in [1.165, 1.54) is 51.7 Å². The number of nitrogens with one attached hydrogen (secondary N) is 1. The molecule has 1 atom stereocenters. The Hall–Kier alpha value is -0.120. The minimum atomic E-state index is 0.416. The molecule has 0 aromatic rings. The van der Waals surface area contributed by atoms with Gasteiger partial charge in [-0.1, -0.05) is 13.3 Å². The van der Waals surface area contributed by atoms with Crippen molar-refractivity contribution in [2.24, 2.45) is 0 Å². The number of hydrogen-bond donors (Lipinski definition) is 1. The summed E-state index contributed by atoms with van der Waals surface area (Å²) in [4.78, 5) is 2.60. The highest BCUT2D eigenvalue weighted by molar-refractivity contribution is 4.95. The van der Waals surface area contributed by atoms with Crippen molar-refractivity contribution in [2.45, 2.75) is 44.6 Å². The number of ether oxygens (including phenoxy) is 1. The number of rotatable bonds is 4. The van der Waals surface area contributed by atoms with E-state index in [2.05, 4.69) is 17.1 Å². The molecular weight excluding hydrogens is 200 g/mol. The fraction of sp³-hybridized carbons (Fsp3) is 1.00. The predicted molar refractivity (Wildman–Crippen MR) is 66.8 cm³/mol. The van der Waals surface area contributed by atoms with E-state index < -0.39 is 0 Å². The normalized spacial score (nSPS) is 32.8. The van der Waals surface area contributed by atoms with Crippen LogP contribution in [-0.4, -0.2) is 49.8 Å². The van der Waals surface area contributed by atoms with E-state index in [9.17, 15) is 0 Å². The van der Waals surface area contributed by atoms with Crippen LogP contribution in [0.2, 0.25) is 0 Å². The van der Waals surface area contributed by atoms with Gasteiger partial charge in [-0.25, -0.2) is 0 Å². The second-order valence-corrected chi connectivity index (χ2v) is 5.30. The molecule has 1 unspecified atom stereocenters. The van der Waals surface area contributed by atoms with E-state index in [0.717, 1.165) is 19.8 Å². The first kappa shape index (κ1) is 12.3. The van der Waals surface area contributed by atoms with E-state index in [1.54, 1.807) is 0 Å². The Morgan fingerprint density at radius 1 is 1.25 bits per heavy atom. The molecule has 0 saturated carbocycles. The molecule has 2 fully saturated rings. The van der Waals surface area contributed by atoms with Crippen LogP contribution in [0.25, 0.3) is 0 Å². The molecule has 0 aromatic carbocycles. The smallest absolute Gasteiger partial charge is 0.0593 e. The molecule has 2 saturated heterocycles. The second kappa shape index (κ2) is 5.99. The zero-order valence-electron chi connectivity index (χ0n) is 10.6. The molecule has 16 heavy (non-hydrogen) atoms. The summed E-state index contributed by atoms with van der Waals surface area (Å²) in [5, 5.41) is 3.76. The zero-order valence-corrected chi connectivity index (χ0v) is 10.6. The van der Waals surface area contributed by atoms with E-state index in [0.29, 0.717) is 5.54 Å². The molecule has 2 aliphatic rings. The molecule has 2 heterocycles. The van der Waals surface area contributed by atoms with Gasteiger partial charge in [-0.3, -0.25) is 4.90 Å². The topological polar surface area (TPSA) is 24.5 Å². The molecule has 2 aliphatic heterocycles. The summed E-state index contributed by atoms with van der Waals surface area (Å²) in [5.41, 5.74) is 0.416. The third kappa shape index (κ3) is 3.19. The average molecular weight is 226 g/mol. The second-order valence-electron chi connectivity index (χ2n) is 5.30. The maximum atomic E-state index is 5.52. The lowest BCUT2D eigenvalue weighted by molar-refractivity contribution is 0.132. The molecule has 3 nitrogen and oxygen atoms in total. The van der Waals surface area contributed by atoms with Crippen molar-refractivity contribution in [2.75, 3.05) is 39.4 Å². The van der Waals surface area contributed by atoms with Crippen LogP contribution in [0.1, 0.15) is 39.0 Å². The quantitative estimate of drug-likeness (QED) is 0.788. The summed E-state index contributed by atoms with van der Waals surface area (Å²) in [6.07, 6.45) is 6.52. The third-order valence-corrected chi connectivity index (χ3v) is 3.90. The van der Waals surface area contributed by atoms with Crippen molar-refractivity contribution in [3.8, 4) is 0 Å². The maximum Gasteiger partial charge on any atom is 0.0593 e. The first-order valence-electron chi connectivity index (χ1n) is 6.90. The van der Waals surface area contributed by atoms with Gasteiger partial charge in [0.15, 0.2) is 0 Å². The summed E-state index contributed by atoms with van der Waals surface area (Å²) >= 11 is 0. The number of nitrogens with zero attached hydrogens (tertiary/aromatic N) is 1. The lowest BCUT2D eigenvalue weighted by Crippen LogP contribution is -2.50. The fourth-order valence-electron chi connectivity index (χ4n) is 3.16. The van der Waals surface area contributed by atoms with Crippen molar-refractivity contribution in [1.29, 1.82) is 0 Å². The summed E-state index contributed by atoms with van der Waals surface area (Å²) in [6, 6.07) is 0. The summed E-state index contributed by atoms with van der Waals surface area (Å²) in [6.45, 7) is 8.94. The average Bonchev–Trinajstić information content (AvgIpc) is 2.57. The van der Waals surface area contributed by atoms with Crippen molar-refractivity contribution in [1.82, 2.24) is 10.2 Å². The molecule has 3 heteroatoms. The van der Waals surface area contributed by atoms with Crippen molar-refractivity contribution < 1.29 is 4.74 Å². The zero-order chi connectivity index (χ0) is 11.3. The molecular formula is C13H26N2O. The Balaban J connectivity index is 1.88. The van der Waals surface area contributed by atoms with Crippen LogP contribution in [-0.2, 0) is 4.74 Å². The van der Waals surface area contributed by atoms with Gasteiger partial charge in [-0.2, -0.15) is 0 Å². The Labute approximate surface area is 99.5 Å². The summed E-state index contributed by atoms with van der Waals surface area (Å²) in [5.74, 6) is 0. The lowest BCUT2D eigenvalue weighted by Gasteiger charge is -2.35. The molecule has 0 aliphatic carbocycles. The Morgan fingerprint density at radius 2 is 2.19 bits per heavy atom. The molecule has 0 bridgehead atoms. The molecule has 0 radical (unpaired) electrons. The van der Waals surface area contributed by atoms with Crippen molar-refractivity contribution in [3.63, 3.8) is 0 Å². The van der Waals surface area contributed by atoms with Gasteiger partial charge in [-0.05, 0) is 32.2 Å². The molecule has 0 amide bonds. The molecule has 2 rings (SSSR count). The van der Waals surface area contributed by atoms with Crippen LogP contribution in [0.3, 0.4) is 0 Å². The van der Waals surface area contributed by atoms with Crippen LogP contribution >= 0.6 is 0 Å². The van der Waals surface area contributed by atoms with E-state index >= 15 is 0 Å². The predicted octanol–water partition coefficient (Wildman–Crippen LogP) is 1.63. The first-order valence-corrected chi connectivity index (χ1v) is 6.90. The standard InChI is InChI=1S/C13H26N2O/c1-2-5-13(6-3-7-14-13)12-15-8-4-10-16-11-9-15/h14H,2-12H2,1H3. The van der Waals surface area contributed by atoms with Gasteiger partial charge in [0.2, 0.25) is 0 Å². The van der Waals surface area contributed by atoms with Gasteiger partial charge in [0.1, 0.15) is 0 Å². The Bertz CT molecular complexity index is 194. The van der Waals surface area contributed by atoms with Gasteiger partial charge in [-0.15, -0.1) is 0 Å². The van der Waals surface area contributed by atoms with Crippen LogP contribution in [0.5, 0.6) is 0 Å². The summed E-state index contributed by atoms with van der Waals surface area (Å²) in [7, 11) is 0. The first-order chi connectivity index (χ1) is 7.85. The van der Waals surface area contributed by atoms with Crippen LogP contribution < -0.4 is 5.32 Å². The highest BCUT2D eigenvalue weighted by Gasteiger charge is 2.34. The lowest BCUT2D eigenvalue weighted by atomic mass is 9.91. The maximum absolute atomic E-state index is 5.52. The highest BCUT2D eigenvalue weighted by Crippen LogP contribution is 2.26. The van der Waals surface area contributed by atoms with Crippen molar-refractivity contribution in [3.05, 3.63) is 0 Å². The van der Waals surface area contributed by atoms with E-state index in [-0.39, 0.29) is 0 Å². The monoisotopic (exact) mass is 226 g/mol. The van der Waals surface area contributed by atoms with E-state index in [1.807, 2.05) is 0 Å². The Kier molecular flexibility index (Phi) is 4.62. The van der Waals surface area contributed by atoms with Gasteiger partial charge in [0.25, 0.3) is 0 Å². The Morgan fingerprint density at radius 3 is 2.94 bits per heavy atom. The molecule has 0 aromatic heterocycles. The van der Waals surface area contributed by atoms with Gasteiger partial charge in [0.05, 0.1) is 6.61 Å². The van der Waals surface area contributed by atoms with Crippen LogP contribution in [0, 0.1) is 0 Å². The highest BCUT2D eigenvalue weighted by atomic mass is 16.5. The van der Waals surface area contributed by atoms with Crippen LogP contribution in [0.4, 0.5) is 0 Å². The minimum absolute atomic E-state index is 0.416. The third-order valence-electron chi connectivity index (χ3n) is 3.90. The largest absolute Gasteiger partial charge is 0.380 e. The van der Waals surface area contributed by atoms with Gasteiger partial charge in [0, 0.05) is 31.8 Å². The summed E-state index contributed by atoms with van der Waals surface area (Å²) < 4.78 is 5.52. The fourth-order valence-corrected chi connectivity index (χ4v) is 3.16. The molecule has 0 spiro atoms. The van der Waals surface area contributed by atoms with Gasteiger partial charge >= 0.3 is 0 Å². The molecule has 94 valence electrons. The van der Waals surface area contributed by atoms with E-state index in [4.69, 9.17) is 4.74 Å². The number of hydrogen-bond acceptors (Lipinski definition) is 3. The minimum Gasteiger partial charge on any atom is -0.380 e. The van der Waals surface area contributed by atoms with Crippen molar-refractivity contribution >= 4 is 0 Å². The van der Waals surface area contributed by atoms with Gasteiger partial charge < -0.3 is 10.1 Å². The SMILES string of the molecule is CCCC1(CN2CCCOCC2)CCCN1. The molecule has 1 N–H and O–H groups in total.